The lowest BCUT2D eigenvalue weighted by Gasteiger charge is -2.21. The molecule has 0 radical (unpaired) electrons. The normalized spacial score (nSPS) is 18.8. The zero-order valence-corrected chi connectivity index (χ0v) is 11.2. The van der Waals surface area contributed by atoms with E-state index in [4.69, 9.17) is 5.73 Å². The molecule has 3 nitrogen and oxygen atoms in total. The van der Waals surface area contributed by atoms with Gasteiger partial charge in [0.15, 0.2) is 0 Å². The molecule has 1 aliphatic rings. The van der Waals surface area contributed by atoms with Gasteiger partial charge in [0.05, 0.1) is 5.69 Å². The third-order valence-corrected chi connectivity index (χ3v) is 4.23. The Balaban J connectivity index is 2.03. The Kier molecular flexibility index (Phi) is 4.21. The molecule has 0 amide bonds. The minimum absolute atomic E-state index is 0.651. The highest BCUT2D eigenvalue weighted by Crippen LogP contribution is 2.32. The van der Waals surface area contributed by atoms with Crippen molar-refractivity contribution in [3.05, 3.63) is 17.5 Å². The van der Waals surface area contributed by atoms with E-state index in [1.165, 1.54) is 37.1 Å². The first-order valence-electron chi connectivity index (χ1n) is 6.96. The van der Waals surface area contributed by atoms with Crippen molar-refractivity contribution in [2.45, 2.75) is 45.4 Å². The van der Waals surface area contributed by atoms with Crippen LogP contribution in [0.1, 0.15) is 44.0 Å². The molecule has 1 fully saturated rings. The van der Waals surface area contributed by atoms with Crippen molar-refractivity contribution in [1.82, 2.24) is 9.78 Å². The number of hydrogen-bond acceptors (Lipinski definition) is 2. The Morgan fingerprint density at radius 2 is 2.18 bits per heavy atom. The number of nitrogens with two attached hydrogens (primary N) is 1. The predicted octanol–water partition coefficient (Wildman–Crippen LogP) is 2.29. The molecule has 0 saturated heterocycles. The predicted molar refractivity (Wildman–Crippen MR) is 70.8 cm³/mol. The summed E-state index contributed by atoms with van der Waals surface area (Å²) >= 11 is 0. The largest absolute Gasteiger partial charge is 0.330 e. The second kappa shape index (κ2) is 5.67. The van der Waals surface area contributed by atoms with E-state index in [-0.39, 0.29) is 0 Å². The molecule has 1 aromatic heterocycles. The van der Waals surface area contributed by atoms with Gasteiger partial charge in [0.2, 0.25) is 0 Å². The molecule has 0 spiro atoms. The summed E-state index contributed by atoms with van der Waals surface area (Å²) in [5.41, 5.74) is 8.51. The van der Waals surface area contributed by atoms with Crippen LogP contribution in [-0.2, 0) is 19.9 Å². The fourth-order valence-electron chi connectivity index (χ4n) is 3.08. The van der Waals surface area contributed by atoms with Gasteiger partial charge in [-0.2, -0.15) is 5.10 Å². The van der Waals surface area contributed by atoms with Gasteiger partial charge in [-0.25, -0.2) is 0 Å². The van der Waals surface area contributed by atoms with Gasteiger partial charge in [-0.1, -0.05) is 32.6 Å². The standard InChI is InChI=1S/C14H25N3/c1-3-13-9-14(17(2)16-13)8-12(10-15)11-6-4-5-7-11/h9,11-12H,3-8,10,15H2,1-2H3. The Labute approximate surface area is 104 Å². The van der Waals surface area contributed by atoms with E-state index in [2.05, 4.69) is 25.1 Å². The summed E-state index contributed by atoms with van der Waals surface area (Å²) in [5.74, 6) is 1.50. The fourth-order valence-corrected chi connectivity index (χ4v) is 3.08. The molecule has 3 heteroatoms. The molecule has 1 unspecified atom stereocenters. The van der Waals surface area contributed by atoms with Crippen molar-refractivity contribution < 1.29 is 0 Å². The molecular weight excluding hydrogens is 210 g/mol. The molecule has 0 aliphatic heterocycles. The summed E-state index contributed by atoms with van der Waals surface area (Å²) in [6.07, 6.45) is 7.66. The lowest BCUT2D eigenvalue weighted by molar-refractivity contribution is 0.338. The summed E-state index contributed by atoms with van der Waals surface area (Å²) in [6, 6.07) is 2.25. The van der Waals surface area contributed by atoms with Gasteiger partial charge >= 0.3 is 0 Å². The van der Waals surface area contributed by atoms with E-state index in [1.807, 2.05) is 4.68 Å². The summed E-state index contributed by atoms with van der Waals surface area (Å²) in [6.45, 7) is 2.97. The average molecular weight is 235 g/mol. The maximum Gasteiger partial charge on any atom is 0.0624 e. The minimum atomic E-state index is 0.651. The number of rotatable bonds is 5. The van der Waals surface area contributed by atoms with Crippen LogP contribution >= 0.6 is 0 Å². The van der Waals surface area contributed by atoms with Crippen molar-refractivity contribution in [2.75, 3.05) is 6.54 Å². The van der Waals surface area contributed by atoms with Gasteiger partial charge in [0.1, 0.15) is 0 Å². The highest BCUT2D eigenvalue weighted by Gasteiger charge is 2.25. The van der Waals surface area contributed by atoms with Crippen LogP contribution in [0.25, 0.3) is 0 Å². The second-order valence-corrected chi connectivity index (χ2v) is 5.35. The van der Waals surface area contributed by atoms with E-state index in [9.17, 15) is 0 Å². The van der Waals surface area contributed by atoms with Gasteiger partial charge in [0.25, 0.3) is 0 Å². The molecular formula is C14H25N3. The lowest BCUT2D eigenvalue weighted by atomic mass is 9.87. The molecule has 17 heavy (non-hydrogen) atoms. The monoisotopic (exact) mass is 235 g/mol. The molecule has 2 N–H and O–H groups in total. The van der Waals surface area contributed by atoms with Gasteiger partial charge in [-0.3, -0.25) is 4.68 Å². The SMILES string of the molecule is CCc1cc(CC(CN)C2CCCC2)n(C)n1. The Hall–Kier alpha value is -0.830. The summed E-state index contributed by atoms with van der Waals surface area (Å²) in [5, 5.41) is 4.52. The molecule has 0 bridgehead atoms. The van der Waals surface area contributed by atoms with Gasteiger partial charge in [-0.15, -0.1) is 0 Å². The van der Waals surface area contributed by atoms with Crippen LogP contribution < -0.4 is 5.73 Å². The topological polar surface area (TPSA) is 43.8 Å². The first kappa shape index (κ1) is 12.6. The summed E-state index contributed by atoms with van der Waals surface area (Å²) in [7, 11) is 2.05. The highest BCUT2D eigenvalue weighted by molar-refractivity contribution is 5.11. The van der Waals surface area contributed by atoms with Crippen LogP contribution in [0.5, 0.6) is 0 Å². The van der Waals surface area contributed by atoms with Crippen LogP contribution in [0.2, 0.25) is 0 Å². The van der Waals surface area contributed by atoms with E-state index < -0.39 is 0 Å². The summed E-state index contributed by atoms with van der Waals surface area (Å²) in [4.78, 5) is 0. The van der Waals surface area contributed by atoms with E-state index in [0.717, 1.165) is 25.3 Å². The van der Waals surface area contributed by atoms with Crippen LogP contribution in [0.3, 0.4) is 0 Å². The van der Waals surface area contributed by atoms with E-state index in [1.54, 1.807) is 0 Å². The molecule has 1 atom stereocenters. The molecule has 1 aromatic rings. The minimum Gasteiger partial charge on any atom is -0.330 e. The smallest absolute Gasteiger partial charge is 0.0624 e. The molecule has 1 heterocycles. The molecule has 1 aliphatic carbocycles. The van der Waals surface area contributed by atoms with E-state index >= 15 is 0 Å². The average Bonchev–Trinajstić information content (AvgIpc) is 2.96. The zero-order chi connectivity index (χ0) is 12.3. The number of aromatic nitrogens is 2. The summed E-state index contributed by atoms with van der Waals surface area (Å²) < 4.78 is 2.04. The first-order valence-corrected chi connectivity index (χ1v) is 6.96. The van der Waals surface area contributed by atoms with Crippen LogP contribution in [0.4, 0.5) is 0 Å². The quantitative estimate of drug-likeness (QED) is 0.851. The zero-order valence-electron chi connectivity index (χ0n) is 11.2. The van der Waals surface area contributed by atoms with Crippen molar-refractivity contribution in [3.63, 3.8) is 0 Å². The maximum atomic E-state index is 5.96. The Bertz CT molecular complexity index is 350. The third-order valence-electron chi connectivity index (χ3n) is 4.23. The third kappa shape index (κ3) is 2.89. The van der Waals surface area contributed by atoms with Crippen LogP contribution in [-0.4, -0.2) is 16.3 Å². The fraction of sp³-hybridized carbons (Fsp3) is 0.786. The van der Waals surface area contributed by atoms with E-state index in [0.29, 0.717) is 5.92 Å². The maximum absolute atomic E-state index is 5.96. The molecule has 2 rings (SSSR count). The highest BCUT2D eigenvalue weighted by atomic mass is 15.3. The number of nitrogens with zero attached hydrogens (tertiary/aromatic N) is 2. The number of hydrogen-bond donors (Lipinski definition) is 1. The van der Waals surface area contributed by atoms with Gasteiger partial charge in [0, 0.05) is 12.7 Å². The molecule has 0 aromatic carbocycles. The van der Waals surface area contributed by atoms with Crippen molar-refractivity contribution in [1.29, 1.82) is 0 Å². The Morgan fingerprint density at radius 1 is 1.47 bits per heavy atom. The van der Waals surface area contributed by atoms with Gasteiger partial charge in [-0.05, 0) is 37.3 Å². The number of aryl methyl sites for hydroxylation is 2. The first-order chi connectivity index (χ1) is 8.24. The Morgan fingerprint density at radius 3 is 2.71 bits per heavy atom. The lowest BCUT2D eigenvalue weighted by Crippen LogP contribution is -2.24. The molecule has 96 valence electrons. The molecule has 1 saturated carbocycles. The van der Waals surface area contributed by atoms with Crippen LogP contribution in [0, 0.1) is 11.8 Å². The second-order valence-electron chi connectivity index (χ2n) is 5.35. The van der Waals surface area contributed by atoms with Crippen molar-refractivity contribution in [3.8, 4) is 0 Å². The van der Waals surface area contributed by atoms with Crippen LogP contribution in [0.15, 0.2) is 6.07 Å². The van der Waals surface area contributed by atoms with Crippen molar-refractivity contribution >= 4 is 0 Å². The van der Waals surface area contributed by atoms with Crippen molar-refractivity contribution in [2.24, 2.45) is 24.6 Å². The van der Waals surface area contributed by atoms with Gasteiger partial charge < -0.3 is 5.73 Å².